The highest BCUT2D eigenvalue weighted by Gasteiger charge is 2.33. The van der Waals surface area contributed by atoms with Crippen LogP contribution < -0.4 is 10.2 Å². The molecular weight excluding hydrogens is 464 g/mol. The zero-order valence-corrected chi connectivity index (χ0v) is 20.4. The molecule has 2 aromatic carbocycles. The molecule has 0 bridgehead atoms. The minimum atomic E-state index is -0.925. The highest BCUT2D eigenvalue weighted by molar-refractivity contribution is 6.31. The summed E-state index contributed by atoms with van der Waals surface area (Å²) in [6, 6.07) is 16.9. The molecule has 0 spiro atoms. The molecule has 2 aromatic heterocycles. The van der Waals surface area contributed by atoms with Crippen LogP contribution in [0.25, 0.3) is 11.0 Å². The molecule has 1 N–H and O–H groups in total. The number of hydrogen-bond donors (Lipinski definition) is 1. The lowest BCUT2D eigenvalue weighted by atomic mass is 10.0. The minimum Gasteiger partial charge on any atom is -0.354 e. The molecule has 4 aromatic rings. The molecule has 0 aliphatic rings. The number of aromatic nitrogens is 4. The predicted octanol–water partition coefficient (Wildman–Crippen LogP) is 4.42. The Hall–Kier alpha value is -3.78. The molecule has 0 saturated carbocycles. The summed E-state index contributed by atoms with van der Waals surface area (Å²) in [5.74, 6) is -0.182. The monoisotopic (exact) mass is 490 g/mol. The quantitative estimate of drug-likeness (QED) is 0.375. The van der Waals surface area contributed by atoms with E-state index in [1.165, 1.54) is 9.58 Å². The van der Waals surface area contributed by atoms with Crippen molar-refractivity contribution >= 4 is 40.1 Å². The molecule has 35 heavy (non-hydrogen) atoms. The van der Waals surface area contributed by atoms with Crippen LogP contribution in [0.5, 0.6) is 0 Å². The maximum Gasteiger partial charge on any atom is 0.249 e. The largest absolute Gasteiger partial charge is 0.354 e. The van der Waals surface area contributed by atoms with E-state index in [1.54, 1.807) is 48.8 Å². The Morgan fingerprint density at radius 1 is 1.06 bits per heavy atom. The SMILES string of the molecule is CC(C)CCNC(=O)[C@@H](c1ccncc1)N(C(=O)Cn1nnc2ccccc21)c1cccc(Cl)c1. The molecule has 9 heteroatoms. The summed E-state index contributed by atoms with van der Waals surface area (Å²) in [5, 5.41) is 11.8. The van der Waals surface area contributed by atoms with Gasteiger partial charge >= 0.3 is 0 Å². The number of halogens is 1. The molecule has 180 valence electrons. The first kappa shape index (κ1) is 24.3. The van der Waals surface area contributed by atoms with Gasteiger partial charge in [-0.05, 0) is 60.4 Å². The van der Waals surface area contributed by atoms with Crippen molar-refractivity contribution in [2.75, 3.05) is 11.4 Å². The smallest absolute Gasteiger partial charge is 0.249 e. The summed E-state index contributed by atoms with van der Waals surface area (Å²) < 4.78 is 1.54. The maximum absolute atomic E-state index is 13.9. The Morgan fingerprint density at radius 3 is 2.57 bits per heavy atom. The number of amides is 2. The van der Waals surface area contributed by atoms with E-state index in [0.29, 0.717) is 34.3 Å². The zero-order chi connectivity index (χ0) is 24.8. The number of carbonyl (C=O) groups is 2. The molecule has 0 aliphatic heterocycles. The highest BCUT2D eigenvalue weighted by Crippen LogP contribution is 2.30. The second-order valence-corrected chi connectivity index (χ2v) is 9.07. The fraction of sp³-hybridized carbons (Fsp3) is 0.269. The Labute approximate surface area is 208 Å². The lowest BCUT2D eigenvalue weighted by molar-refractivity contribution is -0.127. The normalized spacial score (nSPS) is 12.0. The topological polar surface area (TPSA) is 93.0 Å². The summed E-state index contributed by atoms with van der Waals surface area (Å²) in [6.45, 7) is 4.59. The first-order chi connectivity index (χ1) is 16.9. The number of para-hydroxylation sites is 1. The van der Waals surface area contributed by atoms with Gasteiger partial charge in [-0.25, -0.2) is 4.68 Å². The number of nitrogens with one attached hydrogen (secondary N) is 1. The van der Waals surface area contributed by atoms with E-state index >= 15 is 0 Å². The lowest BCUT2D eigenvalue weighted by Crippen LogP contribution is -2.45. The van der Waals surface area contributed by atoms with Crippen molar-refractivity contribution in [3.8, 4) is 0 Å². The van der Waals surface area contributed by atoms with Crippen molar-refractivity contribution < 1.29 is 9.59 Å². The van der Waals surface area contributed by atoms with E-state index in [4.69, 9.17) is 11.6 Å². The van der Waals surface area contributed by atoms with Crippen molar-refractivity contribution in [2.45, 2.75) is 32.9 Å². The zero-order valence-electron chi connectivity index (χ0n) is 19.6. The number of nitrogens with zero attached hydrogens (tertiary/aromatic N) is 5. The van der Waals surface area contributed by atoms with Crippen LogP contribution >= 0.6 is 11.6 Å². The number of hydrogen-bond acceptors (Lipinski definition) is 5. The fourth-order valence-electron chi connectivity index (χ4n) is 3.85. The van der Waals surface area contributed by atoms with E-state index in [1.807, 2.05) is 24.3 Å². The van der Waals surface area contributed by atoms with Crippen LogP contribution in [0.2, 0.25) is 5.02 Å². The van der Waals surface area contributed by atoms with Crippen LogP contribution in [0.15, 0.2) is 73.1 Å². The molecule has 0 fully saturated rings. The Balaban J connectivity index is 1.74. The van der Waals surface area contributed by atoms with Crippen molar-refractivity contribution in [2.24, 2.45) is 5.92 Å². The molecule has 2 heterocycles. The van der Waals surface area contributed by atoms with Gasteiger partial charge in [0.25, 0.3) is 0 Å². The molecule has 1 atom stereocenters. The number of rotatable bonds is 9. The lowest BCUT2D eigenvalue weighted by Gasteiger charge is -2.31. The molecule has 0 unspecified atom stereocenters. The van der Waals surface area contributed by atoms with Crippen LogP contribution in [0, 0.1) is 5.92 Å². The number of pyridine rings is 1. The first-order valence-electron chi connectivity index (χ1n) is 11.5. The van der Waals surface area contributed by atoms with Gasteiger partial charge in [-0.15, -0.1) is 5.10 Å². The Morgan fingerprint density at radius 2 is 1.83 bits per heavy atom. The predicted molar refractivity (Wildman–Crippen MR) is 136 cm³/mol. The van der Waals surface area contributed by atoms with Crippen LogP contribution in [0.4, 0.5) is 5.69 Å². The van der Waals surface area contributed by atoms with Crippen molar-refractivity contribution in [1.29, 1.82) is 0 Å². The van der Waals surface area contributed by atoms with Crippen molar-refractivity contribution in [3.63, 3.8) is 0 Å². The fourth-order valence-corrected chi connectivity index (χ4v) is 4.03. The first-order valence-corrected chi connectivity index (χ1v) is 11.9. The average Bonchev–Trinajstić information content (AvgIpc) is 3.25. The van der Waals surface area contributed by atoms with Crippen LogP contribution in [0.3, 0.4) is 0 Å². The van der Waals surface area contributed by atoms with E-state index in [0.717, 1.165) is 11.9 Å². The molecular formula is C26H27ClN6O2. The standard InChI is InChI=1S/C26H27ClN6O2/c1-18(2)10-15-29-26(35)25(19-11-13-28-14-12-19)33(21-7-5-6-20(27)16-21)24(34)17-32-23-9-4-3-8-22(23)30-31-32/h3-9,11-14,16,18,25H,10,15,17H2,1-2H3,(H,29,35)/t25-/m1/s1. The van der Waals surface area contributed by atoms with E-state index in [2.05, 4.69) is 34.5 Å². The van der Waals surface area contributed by atoms with E-state index in [-0.39, 0.29) is 18.4 Å². The Kier molecular flexibility index (Phi) is 7.72. The van der Waals surface area contributed by atoms with Gasteiger partial charge in [0.15, 0.2) is 0 Å². The van der Waals surface area contributed by atoms with Gasteiger partial charge in [0.1, 0.15) is 18.1 Å². The third-order valence-electron chi connectivity index (χ3n) is 5.61. The van der Waals surface area contributed by atoms with E-state index in [9.17, 15) is 9.59 Å². The van der Waals surface area contributed by atoms with Gasteiger partial charge in [0.05, 0.1) is 5.52 Å². The molecule has 8 nitrogen and oxygen atoms in total. The number of carbonyl (C=O) groups excluding carboxylic acids is 2. The van der Waals surface area contributed by atoms with Crippen LogP contribution in [-0.2, 0) is 16.1 Å². The van der Waals surface area contributed by atoms with Crippen LogP contribution in [0.1, 0.15) is 31.9 Å². The second-order valence-electron chi connectivity index (χ2n) is 8.64. The third-order valence-corrected chi connectivity index (χ3v) is 5.84. The minimum absolute atomic E-state index is 0.103. The number of benzene rings is 2. The molecule has 2 amide bonds. The maximum atomic E-state index is 13.9. The number of fused-ring (bicyclic) bond motifs is 1. The van der Waals surface area contributed by atoms with Gasteiger partial charge in [0.2, 0.25) is 11.8 Å². The van der Waals surface area contributed by atoms with Gasteiger partial charge in [-0.3, -0.25) is 19.5 Å². The average molecular weight is 491 g/mol. The van der Waals surface area contributed by atoms with Gasteiger partial charge in [-0.2, -0.15) is 0 Å². The number of anilines is 1. The Bertz CT molecular complexity index is 1310. The van der Waals surface area contributed by atoms with Crippen molar-refractivity contribution in [3.05, 3.63) is 83.6 Å². The molecule has 0 saturated heterocycles. The van der Waals surface area contributed by atoms with Gasteiger partial charge in [0, 0.05) is 29.6 Å². The third kappa shape index (κ3) is 5.84. The molecule has 0 radical (unpaired) electrons. The van der Waals surface area contributed by atoms with Crippen LogP contribution in [-0.4, -0.2) is 38.3 Å². The second kappa shape index (κ2) is 11.1. The van der Waals surface area contributed by atoms with Gasteiger partial charge in [-0.1, -0.05) is 48.9 Å². The van der Waals surface area contributed by atoms with Crippen molar-refractivity contribution in [1.82, 2.24) is 25.3 Å². The summed E-state index contributed by atoms with van der Waals surface area (Å²) in [4.78, 5) is 33.0. The highest BCUT2D eigenvalue weighted by atomic mass is 35.5. The van der Waals surface area contributed by atoms with E-state index < -0.39 is 6.04 Å². The molecule has 0 aliphatic carbocycles. The summed E-state index contributed by atoms with van der Waals surface area (Å²) in [5.41, 5.74) is 2.56. The summed E-state index contributed by atoms with van der Waals surface area (Å²) in [7, 11) is 0. The summed E-state index contributed by atoms with van der Waals surface area (Å²) >= 11 is 6.29. The summed E-state index contributed by atoms with van der Waals surface area (Å²) in [6.07, 6.45) is 4.04. The van der Waals surface area contributed by atoms with Gasteiger partial charge < -0.3 is 5.32 Å². The molecule has 4 rings (SSSR count).